The number of hydrogen-bond donors (Lipinski definition) is 2. The highest BCUT2D eigenvalue weighted by atomic mass is 19.1. The molecule has 0 fully saturated rings. The summed E-state index contributed by atoms with van der Waals surface area (Å²) in [5.74, 6) is -0.00828. The molecule has 0 saturated heterocycles. The molecule has 2 rings (SSSR count). The Balaban J connectivity index is 2.13. The number of rotatable bonds is 6. The molecule has 0 spiro atoms. The zero-order valence-corrected chi connectivity index (χ0v) is 12.9. The quantitative estimate of drug-likeness (QED) is 0.859. The van der Waals surface area contributed by atoms with E-state index in [0.29, 0.717) is 29.7 Å². The lowest BCUT2D eigenvalue weighted by atomic mass is 10.1. The van der Waals surface area contributed by atoms with Gasteiger partial charge in [0.25, 0.3) is 5.91 Å². The molecule has 1 amide bonds. The Morgan fingerprint density at radius 3 is 2.86 bits per heavy atom. The lowest BCUT2D eigenvalue weighted by Gasteiger charge is -2.10. The third kappa shape index (κ3) is 4.07. The van der Waals surface area contributed by atoms with Crippen molar-refractivity contribution in [1.29, 1.82) is 0 Å². The van der Waals surface area contributed by atoms with Gasteiger partial charge in [0.05, 0.1) is 12.3 Å². The maximum atomic E-state index is 13.2. The van der Waals surface area contributed by atoms with Gasteiger partial charge in [0, 0.05) is 11.8 Å². The van der Waals surface area contributed by atoms with Crippen LogP contribution in [0.4, 0.5) is 10.1 Å². The van der Waals surface area contributed by atoms with Crippen LogP contribution in [0.15, 0.2) is 24.3 Å². The minimum absolute atomic E-state index is 0.294. The zero-order valence-electron chi connectivity index (χ0n) is 12.9. The van der Waals surface area contributed by atoms with Crippen LogP contribution in [0.1, 0.15) is 37.0 Å². The van der Waals surface area contributed by atoms with Crippen molar-refractivity contribution in [3.8, 4) is 5.75 Å². The molecule has 1 heterocycles. The first-order valence-corrected chi connectivity index (χ1v) is 7.27. The van der Waals surface area contributed by atoms with E-state index in [1.54, 1.807) is 13.0 Å². The highest BCUT2D eigenvalue weighted by molar-refractivity contribution is 6.03. The molecule has 0 atom stereocenters. The van der Waals surface area contributed by atoms with Crippen LogP contribution in [0.2, 0.25) is 0 Å². The summed E-state index contributed by atoms with van der Waals surface area (Å²) in [5.41, 5.74) is 1.62. The minimum Gasteiger partial charge on any atom is -0.492 e. The number of H-pyrrole nitrogens is 1. The Labute approximate surface area is 128 Å². The number of halogens is 1. The number of nitrogens with one attached hydrogen (secondary N) is 2. The molecule has 2 aromatic rings. The van der Waals surface area contributed by atoms with Crippen molar-refractivity contribution in [2.24, 2.45) is 5.92 Å². The van der Waals surface area contributed by atoms with Crippen molar-refractivity contribution in [3.63, 3.8) is 0 Å². The van der Waals surface area contributed by atoms with E-state index in [4.69, 9.17) is 4.74 Å². The lowest BCUT2D eigenvalue weighted by molar-refractivity contribution is 0.102. The van der Waals surface area contributed by atoms with Crippen molar-refractivity contribution in [3.05, 3.63) is 41.5 Å². The van der Waals surface area contributed by atoms with Gasteiger partial charge in [0.1, 0.15) is 11.6 Å². The first kappa shape index (κ1) is 16.0. The summed E-state index contributed by atoms with van der Waals surface area (Å²) in [4.78, 5) is 12.2. The van der Waals surface area contributed by atoms with Crippen molar-refractivity contribution in [2.75, 3.05) is 11.9 Å². The van der Waals surface area contributed by atoms with E-state index in [9.17, 15) is 9.18 Å². The molecular formula is C16H20FN3O2. The summed E-state index contributed by atoms with van der Waals surface area (Å²) in [6.07, 6.45) is 0.820. The SMILES string of the molecule is CCOc1cc(F)ccc1NC(=O)c1cc(CC(C)C)[nH]n1. The van der Waals surface area contributed by atoms with Crippen LogP contribution in [-0.4, -0.2) is 22.7 Å². The Morgan fingerprint density at radius 2 is 2.18 bits per heavy atom. The number of anilines is 1. The van der Waals surface area contributed by atoms with Gasteiger partial charge < -0.3 is 10.1 Å². The predicted molar refractivity (Wildman–Crippen MR) is 82.7 cm³/mol. The summed E-state index contributed by atoms with van der Waals surface area (Å²) < 4.78 is 18.6. The molecule has 118 valence electrons. The van der Waals surface area contributed by atoms with Gasteiger partial charge in [-0.1, -0.05) is 13.8 Å². The number of nitrogens with zero attached hydrogens (tertiary/aromatic N) is 1. The molecule has 6 heteroatoms. The van der Waals surface area contributed by atoms with E-state index >= 15 is 0 Å². The summed E-state index contributed by atoms with van der Waals surface area (Å²) in [7, 11) is 0. The Bertz CT molecular complexity index is 653. The number of benzene rings is 1. The summed E-state index contributed by atoms with van der Waals surface area (Å²) in [6, 6.07) is 5.71. The molecule has 0 bridgehead atoms. The molecular weight excluding hydrogens is 285 g/mol. The van der Waals surface area contributed by atoms with Crippen LogP contribution >= 0.6 is 0 Å². The van der Waals surface area contributed by atoms with Gasteiger partial charge in [-0.15, -0.1) is 0 Å². The predicted octanol–water partition coefficient (Wildman–Crippen LogP) is 3.40. The molecule has 0 aliphatic carbocycles. The second-order valence-electron chi connectivity index (χ2n) is 5.40. The van der Waals surface area contributed by atoms with E-state index in [-0.39, 0.29) is 5.91 Å². The van der Waals surface area contributed by atoms with Gasteiger partial charge in [-0.3, -0.25) is 9.89 Å². The van der Waals surface area contributed by atoms with E-state index in [1.165, 1.54) is 18.2 Å². The maximum absolute atomic E-state index is 13.2. The van der Waals surface area contributed by atoms with Crippen LogP contribution in [0.5, 0.6) is 5.75 Å². The second-order valence-corrected chi connectivity index (χ2v) is 5.40. The molecule has 1 aromatic carbocycles. The molecule has 0 aliphatic heterocycles. The van der Waals surface area contributed by atoms with Gasteiger partial charge in [-0.05, 0) is 37.5 Å². The van der Waals surface area contributed by atoms with Crippen molar-refractivity contribution < 1.29 is 13.9 Å². The minimum atomic E-state index is -0.416. The van der Waals surface area contributed by atoms with Crippen LogP contribution in [0.3, 0.4) is 0 Å². The summed E-state index contributed by atoms with van der Waals surface area (Å²) in [6.45, 7) is 6.36. The summed E-state index contributed by atoms with van der Waals surface area (Å²) in [5, 5.41) is 9.55. The topological polar surface area (TPSA) is 67.0 Å². The smallest absolute Gasteiger partial charge is 0.276 e. The van der Waals surface area contributed by atoms with Crippen molar-refractivity contribution in [1.82, 2.24) is 10.2 Å². The van der Waals surface area contributed by atoms with Gasteiger partial charge in [0.2, 0.25) is 0 Å². The van der Waals surface area contributed by atoms with Gasteiger partial charge in [-0.25, -0.2) is 4.39 Å². The third-order valence-corrected chi connectivity index (χ3v) is 2.98. The van der Waals surface area contributed by atoms with Crippen LogP contribution in [-0.2, 0) is 6.42 Å². The molecule has 0 radical (unpaired) electrons. The van der Waals surface area contributed by atoms with E-state index in [2.05, 4.69) is 29.4 Å². The monoisotopic (exact) mass is 305 g/mol. The fourth-order valence-electron chi connectivity index (χ4n) is 2.08. The average molecular weight is 305 g/mol. The lowest BCUT2D eigenvalue weighted by Crippen LogP contribution is -2.13. The van der Waals surface area contributed by atoms with Crippen LogP contribution < -0.4 is 10.1 Å². The number of hydrogen-bond acceptors (Lipinski definition) is 3. The molecule has 0 aliphatic rings. The molecule has 1 aromatic heterocycles. The van der Waals surface area contributed by atoms with Crippen molar-refractivity contribution in [2.45, 2.75) is 27.2 Å². The maximum Gasteiger partial charge on any atom is 0.276 e. The largest absolute Gasteiger partial charge is 0.492 e. The highest BCUT2D eigenvalue weighted by Crippen LogP contribution is 2.26. The first-order chi connectivity index (χ1) is 10.5. The van der Waals surface area contributed by atoms with E-state index in [1.807, 2.05) is 0 Å². The second kappa shape index (κ2) is 7.06. The standard InChI is InChI=1S/C16H20FN3O2/c1-4-22-15-8-11(17)5-6-13(15)18-16(21)14-9-12(19-20-14)7-10(2)3/h5-6,8-10H,4,7H2,1-3H3,(H,18,21)(H,19,20). The van der Waals surface area contributed by atoms with Crippen LogP contribution in [0, 0.1) is 11.7 Å². The number of ether oxygens (including phenoxy) is 1. The van der Waals surface area contributed by atoms with Gasteiger partial charge in [-0.2, -0.15) is 5.10 Å². The Morgan fingerprint density at radius 1 is 1.41 bits per heavy atom. The average Bonchev–Trinajstić information content (AvgIpc) is 2.90. The van der Waals surface area contributed by atoms with E-state index in [0.717, 1.165) is 12.1 Å². The normalized spacial score (nSPS) is 10.8. The zero-order chi connectivity index (χ0) is 16.1. The number of amides is 1. The molecule has 5 nitrogen and oxygen atoms in total. The van der Waals surface area contributed by atoms with E-state index < -0.39 is 5.82 Å². The number of carbonyl (C=O) groups excluding carboxylic acids is 1. The molecule has 2 N–H and O–H groups in total. The number of aromatic amines is 1. The molecule has 22 heavy (non-hydrogen) atoms. The fraction of sp³-hybridized carbons (Fsp3) is 0.375. The molecule has 0 saturated carbocycles. The molecule has 0 unspecified atom stereocenters. The Kier molecular flexibility index (Phi) is 5.14. The third-order valence-electron chi connectivity index (χ3n) is 2.98. The Hall–Kier alpha value is -2.37. The highest BCUT2D eigenvalue weighted by Gasteiger charge is 2.14. The fourth-order valence-corrected chi connectivity index (χ4v) is 2.08. The number of carbonyl (C=O) groups is 1. The number of aromatic nitrogens is 2. The first-order valence-electron chi connectivity index (χ1n) is 7.27. The van der Waals surface area contributed by atoms with Crippen LogP contribution in [0.25, 0.3) is 0 Å². The van der Waals surface area contributed by atoms with Gasteiger partial charge in [0.15, 0.2) is 5.69 Å². The summed E-state index contributed by atoms with van der Waals surface area (Å²) >= 11 is 0. The van der Waals surface area contributed by atoms with Crippen molar-refractivity contribution >= 4 is 11.6 Å². The van der Waals surface area contributed by atoms with Gasteiger partial charge >= 0.3 is 0 Å².